The third-order valence-electron chi connectivity index (χ3n) is 4.52. The van der Waals surface area contributed by atoms with Crippen molar-refractivity contribution in [3.05, 3.63) is 41.0 Å². The summed E-state index contributed by atoms with van der Waals surface area (Å²) in [6.07, 6.45) is 2.06. The summed E-state index contributed by atoms with van der Waals surface area (Å²) >= 11 is 0. The fourth-order valence-corrected chi connectivity index (χ4v) is 3.25. The minimum absolute atomic E-state index is 0.0258. The molecule has 4 rings (SSSR count). The predicted molar refractivity (Wildman–Crippen MR) is 85.6 cm³/mol. The average Bonchev–Trinajstić information content (AvgIpc) is 3.21. The van der Waals surface area contributed by atoms with Gasteiger partial charge in [0.15, 0.2) is 5.82 Å². The first-order valence-corrected chi connectivity index (χ1v) is 8.25. The molecular weight excluding hydrogens is 292 g/mol. The summed E-state index contributed by atoms with van der Waals surface area (Å²) in [5.41, 5.74) is 2.73. The summed E-state index contributed by atoms with van der Waals surface area (Å²) in [5.74, 6) is 2.66. The van der Waals surface area contributed by atoms with Crippen molar-refractivity contribution in [3.8, 4) is 5.75 Å². The summed E-state index contributed by atoms with van der Waals surface area (Å²) in [6.45, 7) is 6.31. The fourth-order valence-electron chi connectivity index (χ4n) is 3.25. The van der Waals surface area contributed by atoms with Crippen LogP contribution in [-0.2, 0) is 17.6 Å². The van der Waals surface area contributed by atoms with Crippen LogP contribution >= 0.6 is 0 Å². The van der Waals surface area contributed by atoms with Crippen molar-refractivity contribution < 1.29 is 9.47 Å². The number of nitrogens with one attached hydrogen (secondary N) is 1. The Bertz CT molecular complexity index is 685. The zero-order valence-corrected chi connectivity index (χ0v) is 13.4. The Morgan fingerprint density at radius 2 is 2.30 bits per heavy atom. The smallest absolute Gasteiger partial charge is 0.180 e. The molecular formula is C17H22N4O2. The van der Waals surface area contributed by atoms with Gasteiger partial charge in [-0.25, -0.2) is 4.98 Å². The molecule has 0 saturated carbocycles. The SMILES string of the molecule is Cc1nc([C@H]2CN(CCc3ccc4c(c3)CCO4)CCO2)n[nH]1. The lowest BCUT2D eigenvalue weighted by atomic mass is 10.1. The van der Waals surface area contributed by atoms with E-state index in [0.29, 0.717) is 0 Å². The third kappa shape index (κ3) is 3.23. The molecule has 1 fully saturated rings. The Morgan fingerprint density at radius 1 is 1.35 bits per heavy atom. The minimum Gasteiger partial charge on any atom is -0.493 e. The molecule has 3 heterocycles. The molecule has 1 aromatic carbocycles. The molecule has 1 aromatic heterocycles. The van der Waals surface area contributed by atoms with Gasteiger partial charge in [0.2, 0.25) is 0 Å². The summed E-state index contributed by atoms with van der Waals surface area (Å²) in [7, 11) is 0. The predicted octanol–water partition coefficient (Wildman–Crippen LogP) is 1.66. The average molecular weight is 314 g/mol. The van der Waals surface area contributed by atoms with Crippen molar-refractivity contribution in [1.82, 2.24) is 20.1 Å². The number of aromatic nitrogens is 3. The highest BCUT2D eigenvalue weighted by Gasteiger charge is 2.24. The van der Waals surface area contributed by atoms with Crippen LogP contribution < -0.4 is 4.74 Å². The molecule has 1 atom stereocenters. The van der Waals surface area contributed by atoms with E-state index in [9.17, 15) is 0 Å². The van der Waals surface area contributed by atoms with Crippen LogP contribution in [0.4, 0.5) is 0 Å². The molecule has 0 spiro atoms. The van der Waals surface area contributed by atoms with Gasteiger partial charge in [-0.3, -0.25) is 10.00 Å². The third-order valence-corrected chi connectivity index (χ3v) is 4.52. The second-order valence-electron chi connectivity index (χ2n) is 6.23. The van der Waals surface area contributed by atoms with E-state index in [4.69, 9.17) is 9.47 Å². The summed E-state index contributed by atoms with van der Waals surface area (Å²) < 4.78 is 11.4. The molecule has 6 heteroatoms. The van der Waals surface area contributed by atoms with Gasteiger partial charge in [-0.1, -0.05) is 12.1 Å². The molecule has 23 heavy (non-hydrogen) atoms. The van der Waals surface area contributed by atoms with Gasteiger partial charge in [-0.2, -0.15) is 5.10 Å². The number of morpholine rings is 1. The fraction of sp³-hybridized carbons (Fsp3) is 0.529. The highest BCUT2D eigenvalue weighted by atomic mass is 16.5. The van der Waals surface area contributed by atoms with Gasteiger partial charge in [-0.05, 0) is 30.5 Å². The lowest BCUT2D eigenvalue weighted by molar-refractivity contribution is -0.0337. The number of ether oxygens (including phenoxy) is 2. The van der Waals surface area contributed by atoms with Crippen LogP contribution in [0.25, 0.3) is 0 Å². The molecule has 2 aromatic rings. The number of hydrogen-bond donors (Lipinski definition) is 1. The maximum Gasteiger partial charge on any atom is 0.180 e. The van der Waals surface area contributed by atoms with Gasteiger partial charge in [-0.15, -0.1) is 0 Å². The zero-order valence-electron chi connectivity index (χ0n) is 13.4. The monoisotopic (exact) mass is 314 g/mol. The van der Waals surface area contributed by atoms with E-state index >= 15 is 0 Å². The van der Waals surface area contributed by atoms with Crippen molar-refractivity contribution in [2.24, 2.45) is 0 Å². The summed E-state index contributed by atoms with van der Waals surface area (Å²) in [6, 6.07) is 6.58. The van der Waals surface area contributed by atoms with Gasteiger partial charge in [0.05, 0.1) is 13.2 Å². The van der Waals surface area contributed by atoms with Crippen LogP contribution in [0.2, 0.25) is 0 Å². The Kier molecular flexibility index (Phi) is 4.01. The summed E-state index contributed by atoms with van der Waals surface area (Å²) in [5, 5.41) is 7.12. The quantitative estimate of drug-likeness (QED) is 0.930. The molecule has 2 aliphatic rings. The molecule has 0 aliphatic carbocycles. The number of nitrogens with zero attached hydrogens (tertiary/aromatic N) is 3. The van der Waals surface area contributed by atoms with Gasteiger partial charge in [0.1, 0.15) is 17.7 Å². The molecule has 1 N–H and O–H groups in total. The van der Waals surface area contributed by atoms with Crippen LogP contribution in [-0.4, -0.2) is 52.9 Å². The van der Waals surface area contributed by atoms with Crippen molar-refractivity contribution in [1.29, 1.82) is 0 Å². The molecule has 0 bridgehead atoms. The van der Waals surface area contributed by atoms with E-state index < -0.39 is 0 Å². The molecule has 0 unspecified atom stereocenters. The number of aryl methyl sites for hydroxylation is 1. The van der Waals surface area contributed by atoms with Crippen molar-refractivity contribution >= 4 is 0 Å². The Morgan fingerprint density at radius 3 is 3.17 bits per heavy atom. The highest BCUT2D eigenvalue weighted by Crippen LogP contribution is 2.26. The number of H-pyrrole nitrogens is 1. The van der Waals surface area contributed by atoms with E-state index in [-0.39, 0.29) is 6.10 Å². The molecule has 2 aliphatic heterocycles. The van der Waals surface area contributed by atoms with Gasteiger partial charge in [0, 0.05) is 26.1 Å². The first-order chi connectivity index (χ1) is 11.3. The number of aromatic amines is 1. The lowest BCUT2D eigenvalue weighted by Crippen LogP contribution is -2.39. The van der Waals surface area contributed by atoms with Crippen molar-refractivity contribution in [3.63, 3.8) is 0 Å². The van der Waals surface area contributed by atoms with Crippen LogP contribution in [0.15, 0.2) is 18.2 Å². The van der Waals surface area contributed by atoms with Crippen molar-refractivity contribution in [2.75, 3.05) is 32.8 Å². The van der Waals surface area contributed by atoms with E-state index in [2.05, 4.69) is 38.3 Å². The number of rotatable bonds is 4. The van der Waals surface area contributed by atoms with E-state index in [1.807, 2.05) is 6.92 Å². The van der Waals surface area contributed by atoms with Gasteiger partial charge in [0.25, 0.3) is 0 Å². The Hall–Kier alpha value is -1.92. The highest BCUT2D eigenvalue weighted by molar-refractivity contribution is 5.39. The number of benzene rings is 1. The van der Waals surface area contributed by atoms with E-state index in [1.54, 1.807) is 0 Å². The van der Waals surface area contributed by atoms with E-state index in [1.165, 1.54) is 11.1 Å². The van der Waals surface area contributed by atoms with E-state index in [0.717, 1.165) is 63.1 Å². The Balaban J connectivity index is 1.35. The standard InChI is InChI=1S/C17H22N4O2/c1-12-18-17(20-19-12)16-11-21(7-9-23-16)6-4-13-2-3-15-14(10-13)5-8-22-15/h2-3,10,16H,4-9,11H2,1H3,(H,18,19,20)/t16-/m1/s1. The maximum atomic E-state index is 5.82. The number of fused-ring (bicyclic) bond motifs is 1. The maximum absolute atomic E-state index is 5.82. The van der Waals surface area contributed by atoms with Gasteiger partial charge >= 0.3 is 0 Å². The number of hydrogen-bond acceptors (Lipinski definition) is 5. The molecule has 1 saturated heterocycles. The molecule has 6 nitrogen and oxygen atoms in total. The van der Waals surface area contributed by atoms with Gasteiger partial charge < -0.3 is 9.47 Å². The second-order valence-corrected chi connectivity index (χ2v) is 6.23. The molecule has 122 valence electrons. The Labute approximate surface area is 135 Å². The molecule has 0 amide bonds. The van der Waals surface area contributed by atoms with Crippen LogP contribution in [0, 0.1) is 6.92 Å². The topological polar surface area (TPSA) is 63.3 Å². The summed E-state index contributed by atoms with van der Waals surface area (Å²) in [4.78, 5) is 6.83. The minimum atomic E-state index is -0.0258. The zero-order chi connectivity index (χ0) is 15.6. The van der Waals surface area contributed by atoms with Crippen LogP contribution in [0.1, 0.15) is 28.9 Å². The van der Waals surface area contributed by atoms with Crippen LogP contribution in [0.3, 0.4) is 0 Å². The first-order valence-electron chi connectivity index (χ1n) is 8.25. The van der Waals surface area contributed by atoms with Crippen LogP contribution in [0.5, 0.6) is 5.75 Å². The molecule has 0 radical (unpaired) electrons. The first kappa shape index (κ1) is 14.7. The van der Waals surface area contributed by atoms with Crippen molar-refractivity contribution in [2.45, 2.75) is 25.9 Å². The second kappa shape index (κ2) is 6.29. The largest absolute Gasteiger partial charge is 0.493 e. The normalized spacial score (nSPS) is 21.2. The lowest BCUT2D eigenvalue weighted by Gasteiger charge is -2.31.